The van der Waals surface area contributed by atoms with E-state index in [0.29, 0.717) is 38.9 Å². The molecule has 4 rings (SSSR count). The Balaban J connectivity index is 1.88. The average molecular weight is 502 g/mol. The lowest BCUT2D eigenvalue weighted by Crippen LogP contribution is -2.45. The number of piperidine rings is 1. The normalized spacial score (nSPS) is 18.6. The predicted molar refractivity (Wildman–Crippen MR) is 143 cm³/mol. The second kappa shape index (κ2) is 9.66. The summed E-state index contributed by atoms with van der Waals surface area (Å²) in [5, 5.41) is 3.52. The van der Waals surface area contributed by atoms with E-state index in [1.165, 1.54) is 11.1 Å². The number of benzene rings is 1. The number of nitrogens with one attached hydrogen (secondary N) is 1. The van der Waals surface area contributed by atoms with Crippen LogP contribution >= 0.6 is 0 Å². The Morgan fingerprint density at radius 3 is 1.97 bits per heavy atom. The minimum Gasteiger partial charge on any atom is -0.378 e. The van der Waals surface area contributed by atoms with E-state index in [9.17, 15) is 8.42 Å². The highest BCUT2D eigenvalue weighted by atomic mass is 32.2. The third kappa shape index (κ3) is 5.53. The molecular weight excluding hydrogens is 458 g/mol. The molecule has 194 valence electrons. The first kappa shape index (κ1) is 26.4. The van der Waals surface area contributed by atoms with Gasteiger partial charge in [0.2, 0.25) is 0 Å². The quantitative estimate of drug-likeness (QED) is 0.596. The Morgan fingerprint density at radius 1 is 0.914 bits per heavy atom. The molecule has 0 saturated carbocycles. The van der Waals surface area contributed by atoms with E-state index in [4.69, 9.17) is 4.74 Å². The number of rotatable bonds is 6. The number of nitrogens with zero attached hydrogens (tertiary/aromatic N) is 2. The van der Waals surface area contributed by atoms with Crippen LogP contribution in [0.2, 0.25) is 0 Å². The van der Waals surface area contributed by atoms with Crippen LogP contribution in [0.4, 0.5) is 0 Å². The maximum Gasteiger partial charge on any atom is 0.308 e. The Morgan fingerprint density at radius 2 is 1.49 bits per heavy atom. The second-order valence-electron chi connectivity index (χ2n) is 12.3. The van der Waals surface area contributed by atoms with E-state index in [0.717, 1.165) is 41.8 Å². The molecule has 0 unspecified atom stereocenters. The highest BCUT2D eigenvalue weighted by molar-refractivity contribution is 7.87. The van der Waals surface area contributed by atoms with Crippen LogP contribution in [0.3, 0.4) is 0 Å². The van der Waals surface area contributed by atoms with Crippen molar-refractivity contribution in [2.75, 3.05) is 26.3 Å². The molecule has 1 aromatic heterocycles. The highest BCUT2D eigenvalue weighted by Gasteiger charge is 2.32. The zero-order chi connectivity index (χ0) is 25.6. The summed E-state index contributed by atoms with van der Waals surface area (Å²) in [4.78, 5) is 0. The lowest BCUT2D eigenvalue weighted by Gasteiger charge is -2.29. The first-order chi connectivity index (χ1) is 16.3. The summed E-state index contributed by atoms with van der Waals surface area (Å²) in [5.41, 5.74) is 5.85. The molecule has 2 fully saturated rings. The van der Waals surface area contributed by atoms with Crippen LogP contribution in [0.1, 0.15) is 83.2 Å². The Labute approximate surface area is 212 Å². The molecule has 2 saturated heterocycles. The number of hydrogen-bond acceptors (Lipinski definition) is 4. The van der Waals surface area contributed by atoms with Crippen molar-refractivity contribution >= 4 is 10.2 Å². The maximum atomic E-state index is 14.0. The molecule has 2 aliphatic heterocycles. The fourth-order valence-electron chi connectivity index (χ4n) is 4.78. The second-order valence-corrected chi connectivity index (χ2v) is 14.1. The van der Waals surface area contributed by atoms with Crippen LogP contribution in [0.5, 0.6) is 0 Å². The van der Waals surface area contributed by atoms with E-state index in [1.807, 2.05) is 6.92 Å². The van der Waals surface area contributed by atoms with Gasteiger partial charge in [-0.1, -0.05) is 54.0 Å². The monoisotopic (exact) mass is 501 g/mol. The lowest BCUT2D eigenvalue weighted by atomic mass is 9.79. The smallest absolute Gasteiger partial charge is 0.308 e. The van der Waals surface area contributed by atoms with E-state index in [1.54, 1.807) is 8.28 Å². The molecular formula is C28H43N3O3S. The minimum absolute atomic E-state index is 0.0527. The summed E-state index contributed by atoms with van der Waals surface area (Å²) < 4.78 is 36.7. The average Bonchev–Trinajstić information content (AvgIpc) is 3.09. The topological polar surface area (TPSA) is 63.6 Å². The molecule has 0 spiro atoms. The van der Waals surface area contributed by atoms with Gasteiger partial charge >= 0.3 is 10.2 Å². The van der Waals surface area contributed by atoms with Gasteiger partial charge in [-0.05, 0) is 71.0 Å². The molecule has 0 radical (unpaired) electrons. The summed E-state index contributed by atoms with van der Waals surface area (Å²) in [5.74, 6) is 0. The molecule has 0 bridgehead atoms. The van der Waals surface area contributed by atoms with Crippen molar-refractivity contribution in [3.05, 3.63) is 46.6 Å². The molecule has 2 aliphatic rings. The molecule has 0 amide bonds. The van der Waals surface area contributed by atoms with Gasteiger partial charge in [0.25, 0.3) is 0 Å². The Kier molecular flexibility index (Phi) is 7.28. The highest BCUT2D eigenvalue weighted by Crippen LogP contribution is 2.36. The number of aromatic nitrogens is 1. The van der Waals surface area contributed by atoms with Crippen LogP contribution in [-0.4, -0.2) is 49.0 Å². The summed E-state index contributed by atoms with van der Waals surface area (Å²) in [6.45, 7) is 18.4. The van der Waals surface area contributed by atoms with Crippen LogP contribution in [0.15, 0.2) is 24.3 Å². The zero-order valence-corrected chi connectivity index (χ0v) is 23.4. The standard InChI is InChI=1S/C28H43N3O3S/c1-20-22(17-29-25-18-34-19-25)15-26(31(20)35(32,33)30-11-9-8-10-12-30)21-13-23(27(2,3)4)16-24(14-21)28(5,6)7/h13-16,25,29H,8-12,17-19H2,1-7H3. The van der Waals surface area contributed by atoms with Gasteiger partial charge in [-0.25, -0.2) is 3.97 Å². The SMILES string of the molecule is Cc1c(CNC2COC2)cc(-c2cc(C(C)(C)C)cc(C(C)(C)C)c2)n1S(=O)(=O)N1CCCCC1. The summed E-state index contributed by atoms with van der Waals surface area (Å²) >= 11 is 0. The molecule has 2 aromatic rings. The minimum atomic E-state index is -3.68. The van der Waals surface area contributed by atoms with Gasteiger partial charge in [-0.15, -0.1) is 0 Å². The zero-order valence-electron chi connectivity index (χ0n) is 22.6. The molecule has 6 nitrogen and oxygen atoms in total. The fraction of sp³-hybridized carbons (Fsp3) is 0.643. The van der Waals surface area contributed by atoms with Gasteiger partial charge in [-0.3, -0.25) is 0 Å². The molecule has 7 heteroatoms. The van der Waals surface area contributed by atoms with Crippen molar-refractivity contribution in [3.8, 4) is 11.3 Å². The van der Waals surface area contributed by atoms with Gasteiger partial charge in [0.05, 0.1) is 24.9 Å². The van der Waals surface area contributed by atoms with Gasteiger partial charge in [-0.2, -0.15) is 12.7 Å². The van der Waals surface area contributed by atoms with Crippen molar-refractivity contribution in [2.45, 2.75) is 91.1 Å². The van der Waals surface area contributed by atoms with Crippen molar-refractivity contribution in [3.63, 3.8) is 0 Å². The summed E-state index contributed by atoms with van der Waals surface area (Å²) in [7, 11) is -3.68. The number of hydrogen-bond donors (Lipinski definition) is 1. The number of ether oxygens (including phenoxy) is 1. The third-order valence-corrected chi connectivity index (χ3v) is 9.30. The van der Waals surface area contributed by atoms with Crippen LogP contribution in [0, 0.1) is 6.92 Å². The third-order valence-electron chi connectivity index (χ3n) is 7.35. The van der Waals surface area contributed by atoms with E-state index in [2.05, 4.69) is 71.1 Å². The van der Waals surface area contributed by atoms with E-state index >= 15 is 0 Å². The van der Waals surface area contributed by atoms with E-state index < -0.39 is 10.2 Å². The maximum absolute atomic E-state index is 14.0. The molecule has 1 N–H and O–H groups in total. The largest absolute Gasteiger partial charge is 0.378 e. The molecule has 0 aliphatic carbocycles. The van der Waals surface area contributed by atoms with Crippen molar-refractivity contribution in [1.29, 1.82) is 0 Å². The lowest BCUT2D eigenvalue weighted by molar-refractivity contribution is -0.00580. The molecule has 0 atom stereocenters. The van der Waals surface area contributed by atoms with Crippen LogP contribution in [-0.2, 0) is 32.3 Å². The van der Waals surface area contributed by atoms with E-state index in [-0.39, 0.29) is 10.8 Å². The summed E-state index contributed by atoms with van der Waals surface area (Å²) in [6.07, 6.45) is 2.92. The Bertz CT molecular complexity index is 1130. The summed E-state index contributed by atoms with van der Waals surface area (Å²) in [6, 6.07) is 9.06. The van der Waals surface area contributed by atoms with Crippen molar-refractivity contribution < 1.29 is 13.2 Å². The van der Waals surface area contributed by atoms with Gasteiger partial charge in [0, 0.05) is 25.3 Å². The van der Waals surface area contributed by atoms with Crippen LogP contribution < -0.4 is 5.32 Å². The van der Waals surface area contributed by atoms with Gasteiger partial charge in [0.1, 0.15) is 0 Å². The van der Waals surface area contributed by atoms with Gasteiger partial charge in [0.15, 0.2) is 0 Å². The van der Waals surface area contributed by atoms with Gasteiger partial charge < -0.3 is 10.1 Å². The Hall–Kier alpha value is -1.67. The molecule has 1 aromatic carbocycles. The predicted octanol–water partition coefficient (Wildman–Crippen LogP) is 5.13. The first-order valence-electron chi connectivity index (χ1n) is 13.0. The van der Waals surface area contributed by atoms with Crippen molar-refractivity contribution in [1.82, 2.24) is 13.6 Å². The fourth-order valence-corrected chi connectivity index (χ4v) is 6.60. The first-order valence-corrected chi connectivity index (χ1v) is 14.4. The van der Waals surface area contributed by atoms with Crippen LogP contribution in [0.25, 0.3) is 11.3 Å². The molecule has 3 heterocycles. The van der Waals surface area contributed by atoms with Crippen molar-refractivity contribution in [2.24, 2.45) is 0 Å². The molecule has 35 heavy (non-hydrogen) atoms.